The number of piperidine rings is 1. The Morgan fingerprint density at radius 2 is 1.71 bits per heavy atom. The molecule has 2 fully saturated rings. The fourth-order valence-electron chi connectivity index (χ4n) is 2.74. The minimum absolute atomic E-state index is 0. The van der Waals surface area contributed by atoms with Gasteiger partial charge < -0.3 is 15.4 Å². The van der Waals surface area contributed by atoms with Gasteiger partial charge >= 0.3 is 6.09 Å². The maximum atomic E-state index is 11.9. The van der Waals surface area contributed by atoms with Crippen LogP contribution in [-0.2, 0) is 4.74 Å². The zero-order valence-corrected chi connectivity index (χ0v) is 11.6. The van der Waals surface area contributed by atoms with E-state index in [9.17, 15) is 4.79 Å². The summed E-state index contributed by atoms with van der Waals surface area (Å²) in [6, 6.07) is 0.290. The Morgan fingerprint density at radius 1 is 1.24 bits per heavy atom. The SMILES string of the molecule is CC(C)(C)OC(=O)N1CC2CCC(C1)C2N.Cl. The van der Waals surface area contributed by atoms with E-state index in [1.54, 1.807) is 0 Å². The fourth-order valence-corrected chi connectivity index (χ4v) is 2.74. The van der Waals surface area contributed by atoms with E-state index >= 15 is 0 Å². The van der Waals surface area contributed by atoms with Crippen molar-refractivity contribution < 1.29 is 9.53 Å². The Balaban J connectivity index is 0.00000144. The largest absolute Gasteiger partial charge is 0.444 e. The van der Waals surface area contributed by atoms with Crippen LogP contribution in [0.2, 0.25) is 0 Å². The van der Waals surface area contributed by atoms with Gasteiger partial charge in [-0.25, -0.2) is 4.79 Å². The maximum absolute atomic E-state index is 11.9. The van der Waals surface area contributed by atoms with E-state index in [1.165, 1.54) is 0 Å². The summed E-state index contributed by atoms with van der Waals surface area (Å²) in [7, 11) is 0. The van der Waals surface area contributed by atoms with Crippen LogP contribution in [0.1, 0.15) is 33.6 Å². The highest BCUT2D eigenvalue weighted by Gasteiger charge is 2.42. The highest BCUT2D eigenvalue weighted by molar-refractivity contribution is 5.85. The Morgan fingerprint density at radius 3 is 2.12 bits per heavy atom. The third kappa shape index (κ3) is 3.26. The van der Waals surface area contributed by atoms with Gasteiger partial charge in [0.05, 0.1) is 0 Å². The quantitative estimate of drug-likeness (QED) is 0.727. The lowest BCUT2D eigenvalue weighted by Gasteiger charge is -2.36. The van der Waals surface area contributed by atoms with E-state index in [-0.39, 0.29) is 18.5 Å². The molecule has 0 radical (unpaired) electrons. The first-order chi connectivity index (χ1) is 7.37. The van der Waals surface area contributed by atoms with Crippen molar-refractivity contribution in [3.05, 3.63) is 0 Å². The third-order valence-corrected chi connectivity index (χ3v) is 3.56. The van der Waals surface area contributed by atoms with Gasteiger partial charge in [-0.05, 0) is 45.4 Å². The summed E-state index contributed by atoms with van der Waals surface area (Å²) in [5, 5.41) is 0. The number of nitrogens with two attached hydrogens (primary N) is 1. The number of carbonyl (C=O) groups excluding carboxylic acids is 1. The second kappa shape index (κ2) is 5.02. The number of nitrogens with zero attached hydrogens (tertiary/aromatic N) is 1. The highest BCUT2D eigenvalue weighted by atomic mass is 35.5. The normalized spacial score (nSPS) is 32.0. The van der Waals surface area contributed by atoms with Gasteiger partial charge in [-0.2, -0.15) is 0 Å². The van der Waals surface area contributed by atoms with Gasteiger partial charge in [-0.3, -0.25) is 0 Å². The summed E-state index contributed by atoms with van der Waals surface area (Å²) in [5.74, 6) is 0.956. The predicted octanol–water partition coefficient (Wildman–Crippen LogP) is 2.01. The summed E-state index contributed by atoms with van der Waals surface area (Å²) in [6.07, 6.45) is 2.13. The predicted molar refractivity (Wildman–Crippen MR) is 69.2 cm³/mol. The van der Waals surface area contributed by atoms with Gasteiger partial charge in [-0.1, -0.05) is 0 Å². The van der Waals surface area contributed by atoms with Crippen molar-refractivity contribution >= 4 is 18.5 Å². The lowest BCUT2D eigenvalue weighted by Crippen LogP contribution is -2.51. The number of halogens is 1. The molecule has 2 bridgehead atoms. The minimum Gasteiger partial charge on any atom is -0.444 e. The molecular formula is C12H23ClN2O2. The zero-order valence-electron chi connectivity index (χ0n) is 10.8. The molecule has 0 aromatic rings. The lowest BCUT2D eigenvalue weighted by molar-refractivity contribution is 0.0134. The van der Waals surface area contributed by atoms with Crippen LogP contribution in [0.15, 0.2) is 0 Å². The van der Waals surface area contributed by atoms with E-state index in [1.807, 2.05) is 25.7 Å². The van der Waals surface area contributed by atoms with Crippen molar-refractivity contribution in [2.45, 2.75) is 45.3 Å². The molecule has 0 aromatic heterocycles. The summed E-state index contributed by atoms with van der Waals surface area (Å²) in [6.45, 7) is 7.23. The van der Waals surface area contributed by atoms with Crippen LogP contribution in [0, 0.1) is 11.8 Å². The van der Waals surface area contributed by atoms with Crippen LogP contribution in [0.25, 0.3) is 0 Å². The van der Waals surface area contributed by atoms with E-state index in [4.69, 9.17) is 10.5 Å². The van der Waals surface area contributed by atoms with Crippen molar-refractivity contribution in [2.75, 3.05) is 13.1 Å². The first-order valence-corrected chi connectivity index (χ1v) is 6.10. The zero-order chi connectivity index (χ0) is 11.9. The number of rotatable bonds is 0. The Hall–Kier alpha value is -0.480. The van der Waals surface area contributed by atoms with Crippen LogP contribution in [0.4, 0.5) is 4.79 Å². The van der Waals surface area contributed by atoms with Gasteiger partial charge in [0.25, 0.3) is 0 Å². The second-order valence-electron chi connectivity index (χ2n) is 6.06. The number of ether oxygens (including phenoxy) is 1. The third-order valence-electron chi connectivity index (χ3n) is 3.56. The van der Waals surface area contributed by atoms with Gasteiger partial charge in [-0.15, -0.1) is 12.4 Å². The van der Waals surface area contributed by atoms with E-state index in [0.717, 1.165) is 25.9 Å². The monoisotopic (exact) mass is 262 g/mol. The van der Waals surface area contributed by atoms with Crippen LogP contribution in [-0.4, -0.2) is 35.7 Å². The number of carbonyl (C=O) groups is 1. The van der Waals surface area contributed by atoms with E-state index < -0.39 is 5.60 Å². The smallest absolute Gasteiger partial charge is 0.410 e. The average molecular weight is 263 g/mol. The molecule has 1 heterocycles. The second-order valence-corrected chi connectivity index (χ2v) is 6.06. The van der Waals surface area contributed by atoms with E-state index in [0.29, 0.717) is 17.9 Å². The number of fused-ring (bicyclic) bond motifs is 2. The molecule has 2 unspecified atom stereocenters. The first-order valence-electron chi connectivity index (χ1n) is 6.10. The Labute approximate surface area is 109 Å². The number of likely N-dealkylation sites (tertiary alicyclic amines) is 1. The van der Waals surface area contributed by atoms with Crippen LogP contribution < -0.4 is 5.73 Å². The summed E-state index contributed by atoms with van der Waals surface area (Å²) >= 11 is 0. The fraction of sp³-hybridized carbons (Fsp3) is 0.917. The van der Waals surface area contributed by atoms with Gasteiger partial charge in [0.2, 0.25) is 0 Å². The summed E-state index contributed by atoms with van der Waals surface area (Å²) in [4.78, 5) is 13.7. The van der Waals surface area contributed by atoms with Crippen LogP contribution >= 0.6 is 12.4 Å². The average Bonchev–Trinajstić information content (AvgIpc) is 2.38. The molecule has 1 saturated carbocycles. The summed E-state index contributed by atoms with van der Waals surface area (Å²) in [5.41, 5.74) is 5.69. The van der Waals surface area contributed by atoms with Crippen molar-refractivity contribution in [1.82, 2.24) is 4.90 Å². The van der Waals surface area contributed by atoms with Crippen molar-refractivity contribution in [3.63, 3.8) is 0 Å². The standard InChI is InChI=1S/C12H22N2O2.ClH/c1-12(2,3)16-11(15)14-6-8-4-5-9(7-14)10(8)13;/h8-10H,4-7,13H2,1-3H3;1H. The molecule has 0 spiro atoms. The van der Waals surface area contributed by atoms with Gasteiger partial charge in [0.15, 0.2) is 0 Å². The van der Waals surface area contributed by atoms with Crippen molar-refractivity contribution in [2.24, 2.45) is 17.6 Å². The molecule has 100 valence electrons. The molecule has 2 rings (SSSR count). The van der Waals surface area contributed by atoms with Crippen molar-refractivity contribution in [1.29, 1.82) is 0 Å². The summed E-state index contributed by atoms with van der Waals surface area (Å²) < 4.78 is 5.38. The Bertz CT molecular complexity index is 277. The molecule has 2 N–H and O–H groups in total. The highest BCUT2D eigenvalue weighted by Crippen LogP contribution is 2.35. The molecule has 0 aromatic carbocycles. The van der Waals surface area contributed by atoms with Crippen LogP contribution in [0.5, 0.6) is 0 Å². The van der Waals surface area contributed by atoms with E-state index in [2.05, 4.69) is 0 Å². The molecule has 2 aliphatic rings. The molecule has 5 heteroatoms. The van der Waals surface area contributed by atoms with Crippen LogP contribution in [0.3, 0.4) is 0 Å². The molecule has 2 atom stereocenters. The molecular weight excluding hydrogens is 240 g/mol. The molecule has 1 saturated heterocycles. The maximum Gasteiger partial charge on any atom is 0.410 e. The number of amides is 1. The minimum atomic E-state index is -0.407. The number of hydrogen-bond donors (Lipinski definition) is 1. The molecule has 1 amide bonds. The Kier molecular flexibility index (Phi) is 4.31. The molecule has 17 heavy (non-hydrogen) atoms. The molecule has 4 nitrogen and oxygen atoms in total. The molecule has 1 aliphatic carbocycles. The first kappa shape index (κ1) is 14.6. The van der Waals surface area contributed by atoms with Gasteiger partial charge in [0.1, 0.15) is 5.60 Å². The van der Waals surface area contributed by atoms with Crippen molar-refractivity contribution in [3.8, 4) is 0 Å². The van der Waals surface area contributed by atoms with Gasteiger partial charge in [0, 0.05) is 19.1 Å². The number of hydrogen-bond acceptors (Lipinski definition) is 3. The lowest BCUT2D eigenvalue weighted by atomic mass is 9.93. The topological polar surface area (TPSA) is 55.6 Å². The molecule has 1 aliphatic heterocycles.